The summed E-state index contributed by atoms with van der Waals surface area (Å²) in [6.07, 6.45) is 0. The zero-order chi connectivity index (χ0) is 14.6. The van der Waals surface area contributed by atoms with Crippen LogP contribution in [0.5, 0.6) is 0 Å². The lowest BCUT2D eigenvalue weighted by molar-refractivity contribution is -0.142. The van der Waals surface area contributed by atoms with Crippen molar-refractivity contribution in [3.05, 3.63) is 29.3 Å². The topological polar surface area (TPSA) is 69.6 Å². The van der Waals surface area contributed by atoms with Gasteiger partial charge in [0.15, 0.2) is 0 Å². The van der Waals surface area contributed by atoms with Crippen molar-refractivity contribution >= 4 is 30.0 Å². The lowest BCUT2D eigenvalue weighted by atomic mass is 10.1. The van der Waals surface area contributed by atoms with Crippen molar-refractivity contribution in [3.8, 4) is 0 Å². The number of carbonyl (C=O) groups excluding carboxylic acids is 1. The van der Waals surface area contributed by atoms with E-state index in [0.717, 1.165) is 16.8 Å². The first-order chi connectivity index (χ1) is 8.81. The van der Waals surface area contributed by atoms with Gasteiger partial charge in [-0.05, 0) is 39.4 Å². The van der Waals surface area contributed by atoms with E-state index in [1.165, 1.54) is 4.90 Å². The first kappa shape index (κ1) is 18.4. The van der Waals surface area contributed by atoms with Crippen molar-refractivity contribution in [2.24, 2.45) is 0 Å². The number of anilines is 1. The van der Waals surface area contributed by atoms with Crippen LogP contribution in [0.4, 0.5) is 5.69 Å². The van der Waals surface area contributed by atoms with Crippen LogP contribution in [0.15, 0.2) is 18.2 Å². The third-order valence-corrected chi connectivity index (χ3v) is 3.07. The van der Waals surface area contributed by atoms with E-state index in [1.54, 1.807) is 14.0 Å². The maximum absolute atomic E-state index is 11.8. The number of carbonyl (C=O) groups is 2. The van der Waals surface area contributed by atoms with E-state index >= 15 is 0 Å². The molecule has 1 aromatic carbocycles. The first-order valence-corrected chi connectivity index (χ1v) is 6.11. The molecule has 0 saturated carbocycles. The van der Waals surface area contributed by atoms with Gasteiger partial charge in [-0.15, -0.1) is 12.4 Å². The number of carboxylic acids is 1. The maximum atomic E-state index is 11.8. The van der Waals surface area contributed by atoms with Gasteiger partial charge in [0.25, 0.3) is 0 Å². The molecule has 0 aliphatic rings. The highest BCUT2D eigenvalue weighted by atomic mass is 35.5. The molecule has 6 heteroatoms. The zero-order valence-electron chi connectivity index (χ0n) is 12.1. The summed E-state index contributed by atoms with van der Waals surface area (Å²) in [6.45, 7) is 5.50. The quantitative estimate of drug-likeness (QED) is 0.873. The molecule has 0 saturated heterocycles. The van der Waals surface area contributed by atoms with Crippen LogP contribution in [0.25, 0.3) is 0 Å². The Kier molecular flexibility index (Phi) is 7.24. The lowest BCUT2D eigenvalue weighted by Gasteiger charge is -2.20. The summed E-state index contributed by atoms with van der Waals surface area (Å²) in [5.41, 5.74) is 2.88. The molecule has 0 spiro atoms. The van der Waals surface area contributed by atoms with Gasteiger partial charge in [-0.25, -0.2) is 0 Å². The average molecular weight is 301 g/mol. The van der Waals surface area contributed by atoms with Gasteiger partial charge in [0.1, 0.15) is 6.04 Å². The number of rotatable bonds is 5. The van der Waals surface area contributed by atoms with E-state index in [9.17, 15) is 9.59 Å². The average Bonchev–Trinajstić information content (AvgIpc) is 2.31. The van der Waals surface area contributed by atoms with Crippen LogP contribution >= 0.6 is 12.4 Å². The van der Waals surface area contributed by atoms with Crippen molar-refractivity contribution in [1.29, 1.82) is 0 Å². The molecule has 1 aromatic rings. The Hall–Kier alpha value is -1.59. The Morgan fingerprint density at radius 3 is 2.45 bits per heavy atom. The number of aryl methyl sites for hydroxylation is 2. The molecule has 0 aromatic heterocycles. The highest BCUT2D eigenvalue weighted by molar-refractivity contribution is 5.93. The Balaban J connectivity index is 0.00000361. The van der Waals surface area contributed by atoms with Crippen LogP contribution in [-0.2, 0) is 9.59 Å². The minimum absolute atomic E-state index is 0. The summed E-state index contributed by atoms with van der Waals surface area (Å²) >= 11 is 0. The second-order valence-electron chi connectivity index (χ2n) is 4.80. The van der Waals surface area contributed by atoms with Crippen molar-refractivity contribution in [2.45, 2.75) is 26.8 Å². The number of amides is 1. The molecular formula is C14H21ClN2O3. The minimum Gasteiger partial charge on any atom is -0.480 e. The molecule has 112 valence electrons. The summed E-state index contributed by atoms with van der Waals surface area (Å²) in [7, 11) is 1.61. The third kappa shape index (κ3) is 5.19. The second kappa shape index (κ2) is 7.87. The van der Waals surface area contributed by atoms with Gasteiger partial charge in [-0.1, -0.05) is 17.7 Å². The lowest BCUT2D eigenvalue weighted by Crippen LogP contribution is -2.40. The molecule has 1 atom stereocenters. The van der Waals surface area contributed by atoms with Crippen molar-refractivity contribution in [2.75, 3.05) is 18.9 Å². The summed E-state index contributed by atoms with van der Waals surface area (Å²) in [5, 5.41) is 11.6. The number of hydrogen-bond donors (Lipinski definition) is 2. The molecule has 0 heterocycles. The molecule has 0 bridgehead atoms. The molecule has 1 unspecified atom stereocenters. The van der Waals surface area contributed by atoms with Crippen LogP contribution in [0.1, 0.15) is 18.1 Å². The van der Waals surface area contributed by atoms with Gasteiger partial charge in [0.05, 0.1) is 6.54 Å². The molecule has 0 aliphatic heterocycles. The van der Waals surface area contributed by atoms with E-state index in [0.29, 0.717) is 0 Å². The van der Waals surface area contributed by atoms with Gasteiger partial charge in [0.2, 0.25) is 5.91 Å². The molecule has 0 fully saturated rings. The third-order valence-electron chi connectivity index (χ3n) is 3.07. The van der Waals surface area contributed by atoms with Gasteiger partial charge < -0.3 is 10.4 Å². The number of hydrogen-bond acceptors (Lipinski definition) is 3. The van der Waals surface area contributed by atoms with Crippen molar-refractivity contribution in [1.82, 2.24) is 4.90 Å². The highest BCUT2D eigenvalue weighted by Crippen LogP contribution is 2.15. The summed E-state index contributed by atoms with van der Waals surface area (Å²) in [4.78, 5) is 24.1. The Morgan fingerprint density at radius 1 is 1.35 bits per heavy atom. The number of likely N-dealkylation sites (N-methyl/N-ethyl adjacent to an activating group) is 1. The monoisotopic (exact) mass is 300 g/mol. The number of halogens is 1. The number of carboxylic acid groups (broad SMARTS) is 1. The Bertz CT molecular complexity index is 491. The fourth-order valence-electron chi connectivity index (χ4n) is 1.70. The summed E-state index contributed by atoms with van der Waals surface area (Å²) in [6, 6.07) is 5.07. The minimum atomic E-state index is -0.943. The molecular weight excluding hydrogens is 280 g/mol. The molecule has 1 amide bonds. The van der Waals surface area contributed by atoms with Crippen LogP contribution < -0.4 is 5.32 Å². The van der Waals surface area contributed by atoms with Crippen molar-refractivity contribution in [3.63, 3.8) is 0 Å². The predicted octanol–water partition coefficient (Wildman–Crippen LogP) is 2.07. The van der Waals surface area contributed by atoms with Crippen LogP contribution in [-0.4, -0.2) is 41.5 Å². The van der Waals surface area contributed by atoms with Crippen LogP contribution in [0.2, 0.25) is 0 Å². The normalized spacial score (nSPS) is 11.7. The maximum Gasteiger partial charge on any atom is 0.320 e. The zero-order valence-corrected chi connectivity index (χ0v) is 13.0. The molecule has 5 nitrogen and oxygen atoms in total. The molecule has 0 aliphatic carbocycles. The Morgan fingerprint density at radius 2 is 1.95 bits per heavy atom. The fourth-order valence-corrected chi connectivity index (χ4v) is 1.70. The number of nitrogens with one attached hydrogen (secondary N) is 1. The van der Waals surface area contributed by atoms with E-state index in [-0.39, 0.29) is 24.9 Å². The van der Waals surface area contributed by atoms with Gasteiger partial charge in [-0.3, -0.25) is 14.5 Å². The first-order valence-electron chi connectivity index (χ1n) is 6.11. The van der Waals surface area contributed by atoms with Crippen molar-refractivity contribution < 1.29 is 14.7 Å². The SMILES string of the molecule is Cc1ccc(NC(=O)CN(C)C(C)C(=O)O)c(C)c1.Cl. The van der Waals surface area contributed by atoms with E-state index in [1.807, 2.05) is 32.0 Å². The van der Waals surface area contributed by atoms with Crippen LogP contribution in [0, 0.1) is 13.8 Å². The fraction of sp³-hybridized carbons (Fsp3) is 0.429. The van der Waals surface area contributed by atoms with E-state index in [4.69, 9.17) is 5.11 Å². The van der Waals surface area contributed by atoms with Gasteiger partial charge in [-0.2, -0.15) is 0 Å². The number of aliphatic carboxylic acids is 1. The second-order valence-corrected chi connectivity index (χ2v) is 4.80. The highest BCUT2D eigenvalue weighted by Gasteiger charge is 2.19. The number of nitrogens with zero attached hydrogens (tertiary/aromatic N) is 1. The molecule has 1 rings (SSSR count). The smallest absolute Gasteiger partial charge is 0.320 e. The van der Waals surface area contributed by atoms with E-state index < -0.39 is 12.0 Å². The predicted molar refractivity (Wildman–Crippen MR) is 81.5 cm³/mol. The summed E-state index contributed by atoms with van der Waals surface area (Å²) in [5.74, 6) is -1.16. The van der Waals surface area contributed by atoms with Gasteiger partial charge in [0, 0.05) is 5.69 Å². The van der Waals surface area contributed by atoms with E-state index in [2.05, 4.69) is 5.32 Å². The van der Waals surface area contributed by atoms with Gasteiger partial charge >= 0.3 is 5.97 Å². The largest absolute Gasteiger partial charge is 0.480 e. The molecule has 0 radical (unpaired) electrons. The van der Waals surface area contributed by atoms with Crippen LogP contribution in [0.3, 0.4) is 0 Å². The standard InChI is InChI=1S/C14H20N2O3.ClH/c1-9-5-6-12(10(2)7-9)15-13(17)8-16(4)11(3)14(18)19;/h5-7,11H,8H2,1-4H3,(H,15,17)(H,18,19);1H. The Labute approximate surface area is 125 Å². The number of benzene rings is 1. The molecule has 20 heavy (non-hydrogen) atoms. The summed E-state index contributed by atoms with van der Waals surface area (Å²) < 4.78 is 0. The molecule has 2 N–H and O–H groups in total.